The average Bonchev–Trinajstić information content (AvgIpc) is 2.28. The van der Waals surface area contributed by atoms with Crippen LogP contribution in [0.1, 0.15) is 29.6 Å². The molecule has 0 saturated carbocycles. The van der Waals surface area contributed by atoms with E-state index in [2.05, 4.69) is 0 Å². The molecule has 0 fully saturated rings. The van der Waals surface area contributed by atoms with E-state index in [0.717, 1.165) is 4.90 Å². The Morgan fingerprint density at radius 1 is 1.19 bits per heavy atom. The molecule has 3 nitrogen and oxygen atoms in total. The fraction of sp³-hybridized carbons (Fsp3) is 0.333. The van der Waals surface area contributed by atoms with Crippen LogP contribution in [-0.2, 0) is 4.79 Å². The first kappa shape index (κ1) is 12.8. The van der Waals surface area contributed by atoms with Crippen LogP contribution in [0.3, 0.4) is 0 Å². The first-order valence-corrected chi connectivity index (χ1v) is 6.23. The van der Waals surface area contributed by atoms with E-state index >= 15 is 0 Å². The number of carboxylic acid groups (broad SMARTS) is 1. The van der Waals surface area contributed by atoms with Crippen molar-refractivity contribution in [3.05, 3.63) is 29.8 Å². The first-order chi connectivity index (χ1) is 7.63. The Bertz CT molecular complexity index is 370. The normalized spacial score (nSPS) is 10.1. The zero-order valence-electron chi connectivity index (χ0n) is 9.06. The van der Waals surface area contributed by atoms with E-state index in [1.54, 1.807) is 23.9 Å². The van der Waals surface area contributed by atoms with Gasteiger partial charge in [-0.2, -0.15) is 0 Å². The number of carbonyl (C=O) groups excluding carboxylic acids is 2. The molecule has 0 heterocycles. The Balaban J connectivity index is 2.49. The lowest BCUT2D eigenvalue weighted by atomic mass is 10.1. The molecule has 0 aliphatic rings. The summed E-state index contributed by atoms with van der Waals surface area (Å²) in [7, 11) is 0. The highest BCUT2D eigenvalue weighted by molar-refractivity contribution is 7.98. The lowest BCUT2D eigenvalue weighted by molar-refractivity contribution is -0.305. The van der Waals surface area contributed by atoms with Gasteiger partial charge in [-0.05, 0) is 31.2 Å². The van der Waals surface area contributed by atoms with Crippen LogP contribution in [0.15, 0.2) is 29.2 Å². The molecule has 16 heavy (non-hydrogen) atoms. The Kier molecular flexibility index (Phi) is 5.05. The van der Waals surface area contributed by atoms with Gasteiger partial charge in [-0.15, -0.1) is 11.8 Å². The van der Waals surface area contributed by atoms with Gasteiger partial charge in [-0.25, -0.2) is 0 Å². The lowest BCUT2D eigenvalue weighted by Crippen LogP contribution is -2.21. The van der Waals surface area contributed by atoms with E-state index in [1.165, 1.54) is 0 Å². The third kappa shape index (κ3) is 4.06. The second-order valence-electron chi connectivity index (χ2n) is 3.38. The van der Waals surface area contributed by atoms with Gasteiger partial charge in [0, 0.05) is 22.8 Å². The number of benzene rings is 1. The predicted molar refractivity (Wildman–Crippen MR) is 61.4 cm³/mol. The summed E-state index contributed by atoms with van der Waals surface area (Å²) in [5.41, 5.74) is 0.635. The summed E-state index contributed by atoms with van der Waals surface area (Å²) in [5.74, 6) is -1.13. The highest BCUT2D eigenvalue weighted by atomic mass is 32.2. The summed E-state index contributed by atoms with van der Waals surface area (Å²) in [6.45, 7) is 0. The van der Waals surface area contributed by atoms with Crippen LogP contribution in [0.4, 0.5) is 0 Å². The minimum Gasteiger partial charge on any atom is -0.550 e. The van der Waals surface area contributed by atoms with Gasteiger partial charge in [-0.1, -0.05) is 12.1 Å². The van der Waals surface area contributed by atoms with Crippen LogP contribution in [0.5, 0.6) is 0 Å². The number of aliphatic carboxylic acids is 1. The van der Waals surface area contributed by atoms with E-state index in [9.17, 15) is 14.7 Å². The minimum absolute atomic E-state index is 0.0195. The van der Waals surface area contributed by atoms with Gasteiger partial charge in [0.1, 0.15) is 0 Å². The summed E-state index contributed by atoms with van der Waals surface area (Å²) in [4.78, 5) is 22.9. The lowest BCUT2D eigenvalue weighted by Gasteiger charge is -2.03. The number of ketones is 1. The van der Waals surface area contributed by atoms with Gasteiger partial charge < -0.3 is 9.90 Å². The number of thioether (sulfide) groups is 1. The molecule has 0 saturated heterocycles. The fourth-order valence-corrected chi connectivity index (χ4v) is 1.72. The molecule has 0 N–H and O–H groups in total. The smallest absolute Gasteiger partial charge is 0.162 e. The van der Waals surface area contributed by atoms with Gasteiger partial charge in [0.05, 0.1) is 0 Å². The maximum absolute atomic E-state index is 11.6. The molecule has 0 atom stereocenters. The number of Topliss-reactive ketones (excluding diaryl/α,β-unsaturated/α-hetero) is 1. The molecule has 0 spiro atoms. The third-order valence-electron chi connectivity index (χ3n) is 2.20. The standard InChI is InChI=1S/C12H14O3S/c1-16-10-7-5-9(6-8-10)11(13)3-2-4-12(14)15/h5-8H,2-4H2,1H3,(H,14,15)/p-1. The highest BCUT2D eigenvalue weighted by Gasteiger charge is 2.05. The quantitative estimate of drug-likeness (QED) is 0.556. The molecule has 1 rings (SSSR count). The number of hydrogen-bond donors (Lipinski definition) is 0. The van der Waals surface area contributed by atoms with E-state index < -0.39 is 5.97 Å². The number of carboxylic acids is 1. The van der Waals surface area contributed by atoms with E-state index in [0.29, 0.717) is 12.0 Å². The molecule has 0 aromatic heterocycles. The van der Waals surface area contributed by atoms with E-state index in [1.807, 2.05) is 18.4 Å². The average molecular weight is 237 g/mol. The van der Waals surface area contributed by atoms with Crippen molar-refractivity contribution in [3.63, 3.8) is 0 Å². The van der Waals surface area contributed by atoms with Gasteiger partial charge in [0.25, 0.3) is 0 Å². The maximum Gasteiger partial charge on any atom is 0.162 e. The molecule has 0 unspecified atom stereocenters. The topological polar surface area (TPSA) is 57.2 Å². The Morgan fingerprint density at radius 3 is 2.31 bits per heavy atom. The van der Waals surface area contributed by atoms with Gasteiger partial charge in [0.2, 0.25) is 0 Å². The maximum atomic E-state index is 11.6. The van der Waals surface area contributed by atoms with E-state index in [-0.39, 0.29) is 18.6 Å². The van der Waals surface area contributed by atoms with Crippen molar-refractivity contribution < 1.29 is 14.7 Å². The van der Waals surface area contributed by atoms with Crippen LogP contribution < -0.4 is 5.11 Å². The molecule has 1 aromatic rings. The summed E-state index contributed by atoms with van der Waals surface area (Å²) in [6, 6.07) is 7.31. The van der Waals surface area contributed by atoms with Crippen molar-refractivity contribution in [2.24, 2.45) is 0 Å². The number of rotatable bonds is 6. The van der Waals surface area contributed by atoms with Crippen LogP contribution in [-0.4, -0.2) is 18.0 Å². The van der Waals surface area contributed by atoms with Crippen LogP contribution in [0.2, 0.25) is 0 Å². The van der Waals surface area contributed by atoms with Crippen molar-refractivity contribution in [2.45, 2.75) is 24.2 Å². The van der Waals surface area contributed by atoms with Crippen molar-refractivity contribution >= 4 is 23.5 Å². The monoisotopic (exact) mass is 237 g/mol. The largest absolute Gasteiger partial charge is 0.550 e. The van der Waals surface area contributed by atoms with E-state index in [4.69, 9.17) is 0 Å². The Labute approximate surface area is 98.9 Å². The SMILES string of the molecule is CSc1ccc(C(=O)CCCC(=O)[O-])cc1. The minimum atomic E-state index is -1.11. The zero-order chi connectivity index (χ0) is 12.0. The molecular weight excluding hydrogens is 224 g/mol. The van der Waals surface area contributed by atoms with Crippen molar-refractivity contribution in [3.8, 4) is 0 Å². The molecular formula is C12H13O3S-. The molecule has 0 bridgehead atoms. The summed E-state index contributed by atoms with van der Waals surface area (Å²) >= 11 is 1.61. The first-order valence-electron chi connectivity index (χ1n) is 5.00. The Hall–Kier alpha value is -1.29. The van der Waals surface area contributed by atoms with Gasteiger partial charge in [-0.3, -0.25) is 4.79 Å². The third-order valence-corrected chi connectivity index (χ3v) is 2.94. The molecule has 0 aliphatic heterocycles. The number of hydrogen-bond acceptors (Lipinski definition) is 4. The highest BCUT2D eigenvalue weighted by Crippen LogP contribution is 2.16. The molecule has 4 heteroatoms. The second kappa shape index (κ2) is 6.33. The summed E-state index contributed by atoms with van der Waals surface area (Å²) < 4.78 is 0. The zero-order valence-corrected chi connectivity index (χ0v) is 9.88. The molecule has 0 radical (unpaired) electrons. The van der Waals surface area contributed by atoms with Crippen molar-refractivity contribution in [1.29, 1.82) is 0 Å². The fourth-order valence-electron chi connectivity index (χ4n) is 1.31. The Morgan fingerprint density at radius 2 is 1.81 bits per heavy atom. The molecule has 1 aromatic carbocycles. The molecule has 86 valence electrons. The molecule has 0 aliphatic carbocycles. The van der Waals surface area contributed by atoms with Crippen molar-refractivity contribution in [1.82, 2.24) is 0 Å². The summed E-state index contributed by atoms with van der Waals surface area (Å²) in [6.07, 6.45) is 2.50. The molecule has 0 amide bonds. The van der Waals surface area contributed by atoms with Crippen LogP contribution in [0.25, 0.3) is 0 Å². The van der Waals surface area contributed by atoms with Gasteiger partial charge >= 0.3 is 0 Å². The predicted octanol–water partition coefficient (Wildman–Crippen LogP) is 1.51. The van der Waals surface area contributed by atoms with Gasteiger partial charge in [0.15, 0.2) is 5.78 Å². The van der Waals surface area contributed by atoms with Crippen molar-refractivity contribution in [2.75, 3.05) is 6.26 Å². The summed E-state index contributed by atoms with van der Waals surface area (Å²) in [5, 5.41) is 10.2. The van der Waals surface area contributed by atoms with Crippen LogP contribution in [0, 0.1) is 0 Å². The van der Waals surface area contributed by atoms with Crippen LogP contribution >= 0.6 is 11.8 Å². The second-order valence-corrected chi connectivity index (χ2v) is 4.26. The number of carbonyl (C=O) groups is 2.